The van der Waals surface area contributed by atoms with Crippen LogP contribution in [0, 0.1) is 5.82 Å². The minimum atomic E-state index is -1.31. The maximum atomic E-state index is 14.6. The summed E-state index contributed by atoms with van der Waals surface area (Å²) in [6, 6.07) is 1.35. The Bertz CT molecular complexity index is 914. The fraction of sp³-hybridized carbons (Fsp3) is 0.471. The van der Waals surface area contributed by atoms with E-state index in [1.54, 1.807) is 4.57 Å². The Labute approximate surface area is 142 Å². The lowest BCUT2D eigenvalue weighted by Crippen LogP contribution is -2.40. The summed E-state index contributed by atoms with van der Waals surface area (Å²) < 4.78 is 16.3. The Morgan fingerprint density at radius 1 is 1.28 bits per heavy atom. The number of anilines is 1. The number of nitrogens with zero attached hydrogens (tertiary/aromatic N) is 3. The molecule has 0 amide bonds. The third-order valence-electron chi connectivity index (χ3n) is 4.95. The fourth-order valence-corrected chi connectivity index (χ4v) is 3.35. The van der Waals surface area contributed by atoms with Gasteiger partial charge in [-0.05, 0) is 31.7 Å². The average molecular weight is 346 g/mol. The number of aromatic carboxylic acids is 1. The summed E-state index contributed by atoms with van der Waals surface area (Å²) in [7, 11) is 0. The van der Waals surface area contributed by atoms with Gasteiger partial charge in [0.05, 0.1) is 5.39 Å². The number of rotatable bonds is 3. The van der Waals surface area contributed by atoms with E-state index in [-0.39, 0.29) is 28.9 Å². The molecule has 0 aromatic carbocycles. The summed E-state index contributed by atoms with van der Waals surface area (Å²) in [4.78, 5) is 30.0. The predicted molar refractivity (Wildman–Crippen MR) is 90.6 cm³/mol. The van der Waals surface area contributed by atoms with Gasteiger partial charge >= 0.3 is 5.97 Å². The number of aromatic nitrogens is 2. The third kappa shape index (κ3) is 2.76. The molecule has 1 aliphatic carbocycles. The van der Waals surface area contributed by atoms with Crippen LogP contribution >= 0.6 is 0 Å². The highest BCUT2D eigenvalue weighted by Crippen LogP contribution is 2.37. The van der Waals surface area contributed by atoms with Crippen molar-refractivity contribution >= 4 is 22.8 Å². The molecule has 25 heavy (non-hydrogen) atoms. The van der Waals surface area contributed by atoms with Crippen LogP contribution < -0.4 is 16.1 Å². The van der Waals surface area contributed by atoms with E-state index < -0.39 is 17.2 Å². The molecule has 2 aromatic heterocycles. The van der Waals surface area contributed by atoms with Gasteiger partial charge in [0.25, 0.3) is 0 Å². The van der Waals surface area contributed by atoms with Gasteiger partial charge in [-0.25, -0.2) is 14.2 Å². The maximum Gasteiger partial charge on any atom is 0.341 e. The Morgan fingerprint density at radius 2 is 1.96 bits per heavy atom. The molecule has 3 heterocycles. The second-order valence-corrected chi connectivity index (χ2v) is 6.80. The van der Waals surface area contributed by atoms with Crippen molar-refractivity contribution < 1.29 is 14.3 Å². The fourth-order valence-electron chi connectivity index (χ4n) is 3.35. The Kier molecular flexibility index (Phi) is 3.72. The van der Waals surface area contributed by atoms with Gasteiger partial charge in [-0.15, -0.1) is 0 Å². The van der Waals surface area contributed by atoms with E-state index in [0.29, 0.717) is 18.7 Å². The quantitative estimate of drug-likeness (QED) is 0.873. The molecule has 1 saturated carbocycles. The molecule has 8 heteroatoms. The first-order chi connectivity index (χ1) is 12.0. The molecule has 0 radical (unpaired) electrons. The van der Waals surface area contributed by atoms with Gasteiger partial charge in [0, 0.05) is 31.4 Å². The highest BCUT2D eigenvalue weighted by molar-refractivity contribution is 5.92. The molecule has 132 valence electrons. The van der Waals surface area contributed by atoms with E-state index >= 15 is 0 Å². The summed E-state index contributed by atoms with van der Waals surface area (Å²) in [5.74, 6) is -1.71. The summed E-state index contributed by atoms with van der Waals surface area (Å²) in [5.41, 5.74) is 5.20. The number of fused-ring (bicyclic) bond motifs is 1. The van der Waals surface area contributed by atoms with Gasteiger partial charge in [-0.1, -0.05) is 0 Å². The number of carboxylic acids is 1. The molecular weight excluding hydrogens is 327 g/mol. The molecule has 2 aromatic rings. The zero-order valence-corrected chi connectivity index (χ0v) is 13.6. The highest BCUT2D eigenvalue weighted by atomic mass is 19.1. The van der Waals surface area contributed by atoms with E-state index in [0.717, 1.165) is 31.7 Å². The minimum Gasteiger partial charge on any atom is -0.477 e. The lowest BCUT2D eigenvalue weighted by molar-refractivity contribution is 0.0695. The molecular formula is C17H19FN4O3. The number of piperidine rings is 1. The molecule has 1 aliphatic heterocycles. The topological polar surface area (TPSA) is 101 Å². The average Bonchev–Trinajstić information content (AvgIpc) is 3.41. The third-order valence-corrected chi connectivity index (χ3v) is 4.95. The second-order valence-electron chi connectivity index (χ2n) is 6.80. The zero-order valence-electron chi connectivity index (χ0n) is 13.6. The van der Waals surface area contributed by atoms with Crippen molar-refractivity contribution in [3.05, 3.63) is 33.9 Å². The van der Waals surface area contributed by atoms with Crippen molar-refractivity contribution in [1.29, 1.82) is 0 Å². The first-order valence-corrected chi connectivity index (χ1v) is 8.45. The number of nitrogens with two attached hydrogens (primary N) is 1. The SMILES string of the molecule is NC1CCN(c2nc3c(cc2F)c(=O)c(C(=O)O)cn3C2CC2)CC1. The standard InChI is InChI=1S/C17H19FN4O3/c18-13-7-11-14(23)12(17(24)25)8-22(10-1-2-10)15(11)20-16(13)21-5-3-9(19)4-6-21/h7-10H,1-6,19H2,(H,24,25). The maximum absolute atomic E-state index is 14.6. The monoisotopic (exact) mass is 346 g/mol. The van der Waals surface area contributed by atoms with Crippen LogP contribution in [0.3, 0.4) is 0 Å². The molecule has 2 fully saturated rings. The molecule has 0 bridgehead atoms. The Balaban J connectivity index is 1.90. The smallest absolute Gasteiger partial charge is 0.341 e. The van der Waals surface area contributed by atoms with Gasteiger partial charge in [-0.3, -0.25) is 4.79 Å². The highest BCUT2D eigenvalue weighted by Gasteiger charge is 2.29. The minimum absolute atomic E-state index is 0.0155. The van der Waals surface area contributed by atoms with Crippen molar-refractivity contribution in [2.24, 2.45) is 5.73 Å². The predicted octanol–water partition coefficient (Wildman–Crippen LogP) is 1.50. The van der Waals surface area contributed by atoms with E-state index in [1.165, 1.54) is 6.20 Å². The first kappa shape index (κ1) is 16.0. The molecule has 3 N–H and O–H groups in total. The normalized spacial score (nSPS) is 18.7. The van der Waals surface area contributed by atoms with Gasteiger partial charge in [0.15, 0.2) is 11.6 Å². The lowest BCUT2D eigenvalue weighted by Gasteiger charge is -2.31. The molecule has 0 unspecified atom stereocenters. The van der Waals surface area contributed by atoms with Gasteiger partial charge in [0.1, 0.15) is 11.2 Å². The number of hydrogen-bond acceptors (Lipinski definition) is 5. The lowest BCUT2D eigenvalue weighted by atomic mass is 10.1. The molecule has 0 spiro atoms. The summed E-state index contributed by atoms with van der Waals surface area (Å²) in [6.07, 6.45) is 4.64. The number of carbonyl (C=O) groups is 1. The van der Waals surface area contributed by atoms with Gasteiger partial charge < -0.3 is 20.3 Å². The van der Waals surface area contributed by atoms with Crippen molar-refractivity contribution in [3.8, 4) is 0 Å². The van der Waals surface area contributed by atoms with Gasteiger partial charge in [0.2, 0.25) is 5.43 Å². The van der Waals surface area contributed by atoms with E-state index in [1.807, 2.05) is 4.90 Å². The molecule has 0 atom stereocenters. The molecule has 7 nitrogen and oxygen atoms in total. The van der Waals surface area contributed by atoms with E-state index in [9.17, 15) is 19.1 Å². The Hall–Kier alpha value is -2.48. The van der Waals surface area contributed by atoms with Crippen LogP contribution in [0.1, 0.15) is 42.1 Å². The summed E-state index contributed by atoms with van der Waals surface area (Å²) in [6.45, 7) is 1.22. The first-order valence-electron chi connectivity index (χ1n) is 8.45. The summed E-state index contributed by atoms with van der Waals surface area (Å²) in [5, 5.41) is 9.27. The van der Waals surface area contributed by atoms with Crippen LogP contribution in [-0.4, -0.2) is 39.8 Å². The van der Waals surface area contributed by atoms with Crippen LogP contribution in [0.25, 0.3) is 11.0 Å². The second kappa shape index (κ2) is 5.80. The van der Waals surface area contributed by atoms with E-state index in [4.69, 9.17) is 5.73 Å². The number of hydrogen-bond donors (Lipinski definition) is 2. The number of halogens is 1. The van der Waals surface area contributed by atoms with Gasteiger partial charge in [-0.2, -0.15) is 0 Å². The zero-order chi connectivity index (χ0) is 17.7. The van der Waals surface area contributed by atoms with Crippen LogP contribution in [0.15, 0.2) is 17.1 Å². The molecule has 1 saturated heterocycles. The number of carboxylic acid groups (broad SMARTS) is 1. The van der Waals surface area contributed by atoms with Crippen molar-refractivity contribution in [2.45, 2.75) is 37.8 Å². The summed E-state index contributed by atoms with van der Waals surface area (Å²) >= 11 is 0. The van der Waals surface area contributed by atoms with Crippen molar-refractivity contribution in [3.63, 3.8) is 0 Å². The van der Waals surface area contributed by atoms with Crippen LogP contribution in [-0.2, 0) is 0 Å². The number of pyridine rings is 2. The molecule has 2 aliphatic rings. The Morgan fingerprint density at radius 3 is 2.56 bits per heavy atom. The van der Waals surface area contributed by atoms with Crippen molar-refractivity contribution in [2.75, 3.05) is 18.0 Å². The van der Waals surface area contributed by atoms with Crippen molar-refractivity contribution in [1.82, 2.24) is 9.55 Å². The van der Waals surface area contributed by atoms with Crippen LogP contribution in [0.5, 0.6) is 0 Å². The largest absolute Gasteiger partial charge is 0.477 e. The molecule has 4 rings (SSSR count). The van der Waals surface area contributed by atoms with E-state index in [2.05, 4.69) is 4.98 Å². The van der Waals surface area contributed by atoms with Crippen LogP contribution in [0.2, 0.25) is 0 Å². The van der Waals surface area contributed by atoms with Crippen LogP contribution in [0.4, 0.5) is 10.2 Å².